The summed E-state index contributed by atoms with van der Waals surface area (Å²) in [5.41, 5.74) is 0.380. The van der Waals surface area contributed by atoms with Crippen LogP contribution in [0.3, 0.4) is 0 Å². The van der Waals surface area contributed by atoms with Gasteiger partial charge in [0.05, 0.1) is 16.5 Å². The Morgan fingerprint density at radius 1 is 1.22 bits per heavy atom. The van der Waals surface area contributed by atoms with Gasteiger partial charge in [0.15, 0.2) is 0 Å². The van der Waals surface area contributed by atoms with Gasteiger partial charge in [-0.25, -0.2) is 14.2 Å². The van der Waals surface area contributed by atoms with Crippen molar-refractivity contribution in [2.45, 2.75) is 0 Å². The van der Waals surface area contributed by atoms with Crippen LogP contribution in [-0.4, -0.2) is 9.97 Å². The fourth-order valence-electron chi connectivity index (χ4n) is 1.66. The number of nitrogens with zero attached hydrogens (tertiary/aromatic N) is 2. The lowest BCUT2D eigenvalue weighted by Crippen LogP contribution is -2.03. The summed E-state index contributed by atoms with van der Waals surface area (Å²) in [4.78, 5) is 19.8. The SMILES string of the molecule is O=c1oc(-c2cccnc2)nc2ccc(F)cc12. The Bertz CT molecular complexity index is 769. The highest BCUT2D eigenvalue weighted by Gasteiger charge is 2.09. The second-order valence-electron chi connectivity index (χ2n) is 3.71. The van der Waals surface area contributed by atoms with E-state index in [-0.39, 0.29) is 11.3 Å². The van der Waals surface area contributed by atoms with Gasteiger partial charge in [-0.1, -0.05) is 0 Å². The van der Waals surface area contributed by atoms with E-state index in [0.717, 1.165) is 6.07 Å². The molecule has 0 atom stereocenters. The third-order valence-electron chi connectivity index (χ3n) is 2.50. The Hall–Kier alpha value is -2.56. The Labute approximate surface area is 101 Å². The molecule has 2 heterocycles. The summed E-state index contributed by atoms with van der Waals surface area (Å²) in [5, 5.41) is 0.127. The second-order valence-corrected chi connectivity index (χ2v) is 3.71. The molecule has 0 aliphatic heterocycles. The number of hydrogen-bond acceptors (Lipinski definition) is 4. The molecule has 3 aromatic rings. The summed E-state index contributed by atoms with van der Waals surface area (Å²) < 4.78 is 18.1. The van der Waals surface area contributed by atoms with E-state index in [1.54, 1.807) is 24.5 Å². The van der Waals surface area contributed by atoms with Gasteiger partial charge in [0.2, 0.25) is 5.89 Å². The minimum absolute atomic E-state index is 0.127. The highest BCUT2D eigenvalue weighted by atomic mass is 19.1. The first kappa shape index (κ1) is 10.6. The fraction of sp³-hybridized carbons (Fsp3) is 0. The maximum Gasteiger partial charge on any atom is 0.347 e. The third kappa shape index (κ3) is 1.75. The van der Waals surface area contributed by atoms with Gasteiger partial charge in [-0.05, 0) is 30.3 Å². The van der Waals surface area contributed by atoms with Gasteiger partial charge in [0.25, 0.3) is 0 Å². The molecule has 0 saturated heterocycles. The summed E-state index contributed by atoms with van der Waals surface area (Å²) in [6, 6.07) is 7.25. The average molecular weight is 242 g/mol. The van der Waals surface area contributed by atoms with E-state index in [2.05, 4.69) is 9.97 Å². The fourth-order valence-corrected chi connectivity index (χ4v) is 1.66. The van der Waals surface area contributed by atoms with E-state index in [4.69, 9.17) is 4.42 Å². The van der Waals surface area contributed by atoms with E-state index < -0.39 is 11.4 Å². The molecule has 4 nitrogen and oxygen atoms in total. The van der Waals surface area contributed by atoms with Gasteiger partial charge in [-0.3, -0.25) is 4.98 Å². The summed E-state index contributed by atoms with van der Waals surface area (Å²) in [5.74, 6) is -0.321. The van der Waals surface area contributed by atoms with Gasteiger partial charge in [0.1, 0.15) is 5.82 Å². The lowest BCUT2D eigenvalue weighted by Gasteiger charge is -2.00. The first-order valence-electron chi connectivity index (χ1n) is 5.25. The number of aromatic nitrogens is 2. The van der Waals surface area contributed by atoms with Crippen LogP contribution >= 0.6 is 0 Å². The van der Waals surface area contributed by atoms with Crippen LogP contribution in [0.5, 0.6) is 0 Å². The summed E-state index contributed by atoms with van der Waals surface area (Å²) in [6.45, 7) is 0. The molecule has 3 rings (SSSR count). The van der Waals surface area contributed by atoms with Crippen molar-refractivity contribution in [3.63, 3.8) is 0 Å². The molecule has 0 spiro atoms. The third-order valence-corrected chi connectivity index (χ3v) is 2.50. The molecule has 1 aromatic carbocycles. The molecule has 0 unspecified atom stereocenters. The normalized spacial score (nSPS) is 10.7. The van der Waals surface area contributed by atoms with Crippen LogP contribution in [0.2, 0.25) is 0 Å². The molecule has 0 amide bonds. The number of fused-ring (bicyclic) bond motifs is 1. The van der Waals surface area contributed by atoms with Crippen LogP contribution in [0.4, 0.5) is 4.39 Å². The molecule has 0 aliphatic rings. The lowest BCUT2D eigenvalue weighted by atomic mass is 10.2. The van der Waals surface area contributed by atoms with Crippen molar-refractivity contribution in [3.8, 4) is 11.5 Å². The standard InChI is InChI=1S/C13H7FN2O2/c14-9-3-4-11-10(6-9)13(17)18-12(16-11)8-2-1-5-15-7-8/h1-7H. The molecule has 0 saturated carbocycles. The van der Waals surface area contributed by atoms with Crippen molar-refractivity contribution in [2.24, 2.45) is 0 Å². The van der Waals surface area contributed by atoms with Crippen molar-refractivity contribution in [3.05, 3.63) is 59.0 Å². The molecule has 0 radical (unpaired) electrons. The molecule has 0 bridgehead atoms. The number of halogens is 1. The van der Waals surface area contributed by atoms with E-state index in [1.165, 1.54) is 12.1 Å². The zero-order chi connectivity index (χ0) is 12.5. The highest BCUT2D eigenvalue weighted by molar-refractivity contribution is 5.78. The second kappa shape index (κ2) is 4.03. The van der Waals surface area contributed by atoms with Crippen molar-refractivity contribution < 1.29 is 8.81 Å². The smallest absolute Gasteiger partial charge is 0.347 e. The van der Waals surface area contributed by atoms with Crippen LogP contribution in [0, 0.1) is 5.82 Å². The van der Waals surface area contributed by atoms with Crippen LogP contribution < -0.4 is 5.63 Å². The lowest BCUT2D eigenvalue weighted by molar-refractivity contribution is 0.517. The van der Waals surface area contributed by atoms with E-state index in [0.29, 0.717) is 11.1 Å². The van der Waals surface area contributed by atoms with Crippen LogP contribution in [0.25, 0.3) is 22.4 Å². The maximum absolute atomic E-state index is 13.0. The molecular formula is C13H7FN2O2. The predicted molar refractivity (Wildman–Crippen MR) is 63.5 cm³/mol. The van der Waals surface area contributed by atoms with Gasteiger partial charge in [0, 0.05) is 12.4 Å². The van der Waals surface area contributed by atoms with Crippen LogP contribution in [-0.2, 0) is 0 Å². The molecular weight excluding hydrogens is 235 g/mol. The van der Waals surface area contributed by atoms with Crippen molar-refractivity contribution in [1.29, 1.82) is 0 Å². The molecule has 0 aliphatic carbocycles. The Morgan fingerprint density at radius 2 is 2.11 bits per heavy atom. The van der Waals surface area contributed by atoms with Gasteiger partial charge in [-0.2, -0.15) is 0 Å². The first-order chi connectivity index (χ1) is 8.74. The Balaban J connectivity index is 2.29. The molecule has 0 fully saturated rings. The maximum atomic E-state index is 13.0. The molecule has 88 valence electrons. The van der Waals surface area contributed by atoms with Crippen LogP contribution in [0.1, 0.15) is 0 Å². The monoisotopic (exact) mass is 242 g/mol. The summed E-state index contributed by atoms with van der Waals surface area (Å²) in [7, 11) is 0. The largest absolute Gasteiger partial charge is 0.403 e. The summed E-state index contributed by atoms with van der Waals surface area (Å²) >= 11 is 0. The topological polar surface area (TPSA) is 56.0 Å². The molecule has 18 heavy (non-hydrogen) atoms. The van der Waals surface area contributed by atoms with E-state index in [9.17, 15) is 9.18 Å². The zero-order valence-corrected chi connectivity index (χ0v) is 9.13. The average Bonchev–Trinajstić information content (AvgIpc) is 2.40. The number of pyridine rings is 1. The van der Waals surface area contributed by atoms with Crippen LogP contribution in [0.15, 0.2) is 51.9 Å². The van der Waals surface area contributed by atoms with Crippen molar-refractivity contribution in [2.75, 3.05) is 0 Å². The van der Waals surface area contributed by atoms with Crippen molar-refractivity contribution >= 4 is 10.9 Å². The molecule has 2 aromatic heterocycles. The Morgan fingerprint density at radius 3 is 2.89 bits per heavy atom. The number of benzene rings is 1. The predicted octanol–water partition coefficient (Wildman–Crippen LogP) is 2.39. The highest BCUT2D eigenvalue weighted by Crippen LogP contribution is 2.17. The molecule has 0 N–H and O–H groups in total. The zero-order valence-electron chi connectivity index (χ0n) is 9.13. The number of hydrogen-bond donors (Lipinski definition) is 0. The summed E-state index contributed by atoms with van der Waals surface area (Å²) in [6.07, 6.45) is 3.15. The Kier molecular flexibility index (Phi) is 2.37. The minimum Gasteiger partial charge on any atom is -0.403 e. The van der Waals surface area contributed by atoms with E-state index >= 15 is 0 Å². The number of rotatable bonds is 1. The van der Waals surface area contributed by atoms with Crippen molar-refractivity contribution in [1.82, 2.24) is 9.97 Å². The minimum atomic E-state index is -0.613. The van der Waals surface area contributed by atoms with Gasteiger partial charge >= 0.3 is 5.63 Å². The first-order valence-corrected chi connectivity index (χ1v) is 5.25. The quantitative estimate of drug-likeness (QED) is 0.657. The molecule has 5 heteroatoms. The van der Waals surface area contributed by atoms with Gasteiger partial charge < -0.3 is 4.42 Å². The van der Waals surface area contributed by atoms with E-state index in [1.807, 2.05) is 0 Å². The van der Waals surface area contributed by atoms with Gasteiger partial charge in [-0.15, -0.1) is 0 Å².